The summed E-state index contributed by atoms with van der Waals surface area (Å²) in [4.78, 5) is 10.8. The van der Waals surface area contributed by atoms with E-state index < -0.39 is 10.7 Å². The van der Waals surface area contributed by atoms with E-state index in [9.17, 15) is 4.79 Å². The number of nitrogens with zero attached hydrogens (tertiary/aromatic N) is 1. The SMILES string of the molecule is CC(C)(C#N)c1ccc(C(=O)Cl)cc1. The van der Waals surface area contributed by atoms with Crippen LogP contribution in [0, 0.1) is 11.3 Å². The van der Waals surface area contributed by atoms with Gasteiger partial charge in [-0.1, -0.05) is 12.1 Å². The van der Waals surface area contributed by atoms with Crippen LogP contribution in [-0.2, 0) is 5.41 Å². The van der Waals surface area contributed by atoms with E-state index in [1.807, 2.05) is 13.8 Å². The molecule has 0 saturated carbocycles. The molecule has 0 aromatic heterocycles. The Morgan fingerprint density at radius 1 is 1.36 bits per heavy atom. The van der Waals surface area contributed by atoms with Crippen molar-refractivity contribution in [1.29, 1.82) is 5.26 Å². The van der Waals surface area contributed by atoms with Crippen LogP contribution in [0.2, 0.25) is 0 Å². The van der Waals surface area contributed by atoms with Crippen molar-refractivity contribution in [1.82, 2.24) is 0 Å². The molecule has 0 aliphatic carbocycles. The topological polar surface area (TPSA) is 40.9 Å². The van der Waals surface area contributed by atoms with E-state index in [0.717, 1.165) is 5.56 Å². The lowest BCUT2D eigenvalue weighted by atomic mass is 9.86. The highest BCUT2D eigenvalue weighted by Crippen LogP contribution is 2.22. The lowest BCUT2D eigenvalue weighted by Gasteiger charge is -2.15. The van der Waals surface area contributed by atoms with E-state index in [1.54, 1.807) is 24.3 Å². The van der Waals surface area contributed by atoms with Gasteiger partial charge >= 0.3 is 0 Å². The Labute approximate surface area is 88.1 Å². The van der Waals surface area contributed by atoms with Crippen LogP contribution >= 0.6 is 11.6 Å². The van der Waals surface area contributed by atoms with Crippen LogP contribution in [0.15, 0.2) is 24.3 Å². The van der Waals surface area contributed by atoms with Crippen LogP contribution in [0.3, 0.4) is 0 Å². The molecule has 0 saturated heterocycles. The molecule has 14 heavy (non-hydrogen) atoms. The number of carbonyl (C=O) groups is 1. The van der Waals surface area contributed by atoms with Gasteiger partial charge in [-0.25, -0.2) is 0 Å². The molecule has 0 atom stereocenters. The maximum absolute atomic E-state index is 10.8. The molecule has 1 aromatic rings. The maximum Gasteiger partial charge on any atom is 0.252 e. The molecule has 0 fully saturated rings. The number of rotatable bonds is 2. The van der Waals surface area contributed by atoms with Gasteiger partial charge in [-0.3, -0.25) is 4.79 Å². The summed E-state index contributed by atoms with van der Waals surface area (Å²) in [6, 6.07) is 8.94. The van der Waals surface area contributed by atoms with Gasteiger partial charge in [0.05, 0.1) is 11.5 Å². The Bertz CT molecular complexity index is 387. The molecule has 0 radical (unpaired) electrons. The molecule has 1 aromatic carbocycles. The fraction of sp³-hybridized carbons (Fsp3) is 0.273. The minimum Gasteiger partial charge on any atom is -0.276 e. The van der Waals surface area contributed by atoms with Gasteiger partial charge in [0.15, 0.2) is 0 Å². The van der Waals surface area contributed by atoms with Crippen LogP contribution in [-0.4, -0.2) is 5.24 Å². The zero-order chi connectivity index (χ0) is 10.8. The van der Waals surface area contributed by atoms with E-state index in [0.29, 0.717) is 5.56 Å². The molecule has 0 N–H and O–H groups in total. The standard InChI is InChI=1S/C11H10ClNO/c1-11(2,7-13)9-5-3-8(4-6-9)10(12)14/h3-6H,1-2H3. The average molecular weight is 208 g/mol. The summed E-state index contributed by atoms with van der Waals surface area (Å²) in [6.45, 7) is 3.65. The van der Waals surface area contributed by atoms with Crippen molar-refractivity contribution in [2.45, 2.75) is 19.3 Å². The Morgan fingerprint density at radius 2 is 1.86 bits per heavy atom. The van der Waals surface area contributed by atoms with Gasteiger partial charge in [0, 0.05) is 5.56 Å². The second kappa shape index (κ2) is 3.81. The highest BCUT2D eigenvalue weighted by atomic mass is 35.5. The number of hydrogen-bond acceptors (Lipinski definition) is 2. The van der Waals surface area contributed by atoms with Gasteiger partial charge in [0.2, 0.25) is 0 Å². The summed E-state index contributed by atoms with van der Waals surface area (Å²) in [5.74, 6) is 0. The number of nitriles is 1. The van der Waals surface area contributed by atoms with Crippen molar-refractivity contribution in [3.05, 3.63) is 35.4 Å². The predicted octanol–water partition coefficient (Wildman–Crippen LogP) is 2.87. The highest BCUT2D eigenvalue weighted by molar-refractivity contribution is 6.67. The first-order chi connectivity index (χ1) is 6.47. The summed E-state index contributed by atoms with van der Waals surface area (Å²) in [6.07, 6.45) is 0. The molecule has 0 bridgehead atoms. The molecule has 0 amide bonds. The number of halogens is 1. The number of benzene rings is 1. The fourth-order valence-corrected chi connectivity index (χ4v) is 1.21. The van der Waals surface area contributed by atoms with Gasteiger partial charge in [0.1, 0.15) is 0 Å². The molecule has 0 unspecified atom stereocenters. The molecule has 2 nitrogen and oxygen atoms in total. The molecule has 72 valence electrons. The maximum atomic E-state index is 10.8. The second-order valence-electron chi connectivity index (χ2n) is 3.59. The van der Waals surface area contributed by atoms with Crippen molar-refractivity contribution in [3.63, 3.8) is 0 Å². The van der Waals surface area contributed by atoms with Crippen molar-refractivity contribution in [2.24, 2.45) is 0 Å². The lowest BCUT2D eigenvalue weighted by Crippen LogP contribution is -2.13. The summed E-state index contributed by atoms with van der Waals surface area (Å²) in [5.41, 5.74) is 0.791. The van der Waals surface area contributed by atoms with Crippen LogP contribution in [0.25, 0.3) is 0 Å². The van der Waals surface area contributed by atoms with Gasteiger partial charge in [0.25, 0.3) is 5.24 Å². The first-order valence-corrected chi connectivity index (χ1v) is 4.57. The first-order valence-electron chi connectivity index (χ1n) is 4.19. The third-order valence-electron chi connectivity index (χ3n) is 2.11. The van der Waals surface area contributed by atoms with Gasteiger partial charge in [-0.15, -0.1) is 0 Å². The summed E-state index contributed by atoms with van der Waals surface area (Å²) in [7, 11) is 0. The molecular weight excluding hydrogens is 198 g/mol. The van der Waals surface area contributed by atoms with E-state index in [-0.39, 0.29) is 0 Å². The van der Waals surface area contributed by atoms with Crippen molar-refractivity contribution in [2.75, 3.05) is 0 Å². The van der Waals surface area contributed by atoms with Crippen LogP contribution in [0.1, 0.15) is 29.8 Å². The Kier molecular flexibility index (Phi) is 2.93. The van der Waals surface area contributed by atoms with Gasteiger partial charge in [-0.05, 0) is 43.1 Å². The smallest absolute Gasteiger partial charge is 0.252 e. The molecule has 1 rings (SSSR count). The minimum atomic E-state index is -0.534. The molecule has 3 heteroatoms. The zero-order valence-electron chi connectivity index (χ0n) is 8.04. The van der Waals surface area contributed by atoms with Crippen molar-refractivity contribution in [3.8, 4) is 6.07 Å². The van der Waals surface area contributed by atoms with E-state index in [4.69, 9.17) is 16.9 Å². The average Bonchev–Trinajstić information content (AvgIpc) is 2.18. The molecular formula is C11H10ClNO. The van der Waals surface area contributed by atoms with Crippen LogP contribution < -0.4 is 0 Å². The number of hydrogen-bond donors (Lipinski definition) is 0. The quantitative estimate of drug-likeness (QED) is 0.700. The van der Waals surface area contributed by atoms with Gasteiger partial charge < -0.3 is 0 Å². The monoisotopic (exact) mass is 207 g/mol. The molecule has 0 aliphatic heterocycles. The zero-order valence-corrected chi connectivity index (χ0v) is 8.80. The number of carbonyl (C=O) groups excluding carboxylic acids is 1. The molecule has 0 heterocycles. The second-order valence-corrected chi connectivity index (χ2v) is 3.93. The highest BCUT2D eigenvalue weighted by Gasteiger charge is 2.19. The lowest BCUT2D eigenvalue weighted by molar-refractivity contribution is 0.108. The van der Waals surface area contributed by atoms with E-state index in [2.05, 4.69) is 6.07 Å². The third-order valence-corrected chi connectivity index (χ3v) is 2.33. The van der Waals surface area contributed by atoms with E-state index in [1.165, 1.54) is 0 Å². The van der Waals surface area contributed by atoms with E-state index >= 15 is 0 Å². The van der Waals surface area contributed by atoms with Crippen LogP contribution in [0.4, 0.5) is 0 Å². The summed E-state index contributed by atoms with van der Waals surface area (Å²) in [5, 5.41) is 8.40. The largest absolute Gasteiger partial charge is 0.276 e. The van der Waals surface area contributed by atoms with Crippen molar-refractivity contribution < 1.29 is 4.79 Å². The summed E-state index contributed by atoms with van der Waals surface area (Å²) < 4.78 is 0. The minimum absolute atomic E-state index is 0.448. The third kappa shape index (κ3) is 2.12. The predicted molar refractivity (Wildman–Crippen MR) is 55.3 cm³/mol. The summed E-state index contributed by atoms with van der Waals surface area (Å²) >= 11 is 5.30. The Morgan fingerprint density at radius 3 is 2.21 bits per heavy atom. The van der Waals surface area contributed by atoms with Crippen molar-refractivity contribution >= 4 is 16.8 Å². The normalized spacial score (nSPS) is 10.7. The Balaban J connectivity index is 3.07. The fourth-order valence-electron chi connectivity index (χ4n) is 1.08. The molecule has 0 aliphatic rings. The Hall–Kier alpha value is -1.33. The van der Waals surface area contributed by atoms with Gasteiger partial charge in [-0.2, -0.15) is 5.26 Å². The van der Waals surface area contributed by atoms with Crippen LogP contribution in [0.5, 0.6) is 0 Å². The first kappa shape index (κ1) is 10.7. The molecule has 0 spiro atoms.